The van der Waals surface area contributed by atoms with E-state index in [1.54, 1.807) is 19.1 Å². The Balaban J connectivity index is 1.82. The van der Waals surface area contributed by atoms with Crippen LogP contribution in [0.2, 0.25) is 15.1 Å². The molecular weight excluding hydrogens is 703 g/mol. The molecule has 1 N–H and O–H groups in total. The second-order valence-corrected chi connectivity index (χ2v) is 14.7. The predicted octanol–water partition coefficient (Wildman–Crippen LogP) is 7.32. The fourth-order valence-electron chi connectivity index (χ4n) is 5.74. The van der Waals surface area contributed by atoms with Crippen LogP contribution in [0.5, 0.6) is 5.75 Å². The van der Waals surface area contributed by atoms with Crippen molar-refractivity contribution in [2.24, 2.45) is 0 Å². The van der Waals surface area contributed by atoms with Gasteiger partial charge in [0, 0.05) is 39.3 Å². The number of rotatable bonds is 13. The summed E-state index contributed by atoms with van der Waals surface area (Å²) in [6.45, 7) is 2.30. The highest BCUT2D eigenvalue weighted by atomic mass is 35.5. The Morgan fingerprint density at radius 2 is 1.69 bits per heavy atom. The Morgan fingerprint density at radius 3 is 2.31 bits per heavy atom. The average molecular weight is 740 g/mol. The van der Waals surface area contributed by atoms with E-state index in [4.69, 9.17) is 39.5 Å². The number of anilines is 1. The zero-order chi connectivity index (χ0) is 35.2. The number of sulfonamides is 1. The lowest BCUT2D eigenvalue weighted by molar-refractivity contribution is -0.385. The van der Waals surface area contributed by atoms with E-state index in [9.17, 15) is 28.1 Å². The second kappa shape index (κ2) is 16.2. The maximum Gasteiger partial charge on any atom is 0.273 e. The van der Waals surface area contributed by atoms with Gasteiger partial charge in [-0.15, -0.1) is 0 Å². The number of aryl methyl sites for hydroxylation is 1. The summed E-state index contributed by atoms with van der Waals surface area (Å²) in [5.74, 6) is -1.03. The SMILES string of the molecule is CC[C@H](C(=O)NC1CCCCC1)N(Cc1ccc(Cl)cc1Cl)C(=O)CN(c1cc(Cl)ccc1OC)S(=O)(=O)c1ccc(C)c([N+](=O)[O-])c1. The number of carbonyl (C=O) groups is 2. The van der Waals surface area contributed by atoms with Crippen LogP contribution in [0, 0.1) is 17.0 Å². The van der Waals surface area contributed by atoms with Crippen LogP contribution >= 0.6 is 34.8 Å². The number of nitrogens with zero attached hydrogens (tertiary/aromatic N) is 3. The summed E-state index contributed by atoms with van der Waals surface area (Å²) in [7, 11) is -3.34. The molecule has 1 saturated carbocycles. The number of nitro groups is 1. The molecule has 48 heavy (non-hydrogen) atoms. The molecule has 0 spiro atoms. The van der Waals surface area contributed by atoms with Gasteiger partial charge in [-0.2, -0.15) is 0 Å². The van der Waals surface area contributed by atoms with Crippen molar-refractivity contribution in [3.8, 4) is 5.75 Å². The summed E-state index contributed by atoms with van der Waals surface area (Å²) in [6.07, 6.45) is 4.91. The van der Waals surface area contributed by atoms with Gasteiger partial charge in [0.15, 0.2) is 0 Å². The van der Waals surface area contributed by atoms with Gasteiger partial charge in [0.25, 0.3) is 15.7 Å². The third kappa shape index (κ3) is 8.71. The van der Waals surface area contributed by atoms with E-state index in [1.165, 1.54) is 55.3 Å². The molecule has 2 amide bonds. The van der Waals surface area contributed by atoms with Crippen LogP contribution in [0.15, 0.2) is 59.5 Å². The molecule has 15 heteroatoms. The first kappa shape index (κ1) is 37.2. The molecule has 1 aliphatic rings. The maximum absolute atomic E-state index is 14.5. The summed E-state index contributed by atoms with van der Waals surface area (Å²) in [6, 6.07) is 11.5. The van der Waals surface area contributed by atoms with E-state index in [0.717, 1.165) is 42.5 Å². The molecule has 0 aromatic heterocycles. The summed E-state index contributed by atoms with van der Waals surface area (Å²) in [5, 5.41) is 15.6. The van der Waals surface area contributed by atoms with Crippen molar-refractivity contribution in [2.75, 3.05) is 18.0 Å². The Morgan fingerprint density at radius 1 is 1.02 bits per heavy atom. The third-order valence-corrected chi connectivity index (χ3v) is 10.9. The van der Waals surface area contributed by atoms with Gasteiger partial charge < -0.3 is 15.0 Å². The average Bonchev–Trinajstić information content (AvgIpc) is 3.04. The van der Waals surface area contributed by atoms with Gasteiger partial charge in [-0.3, -0.25) is 24.0 Å². The van der Waals surface area contributed by atoms with Gasteiger partial charge >= 0.3 is 0 Å². The fourth-order valence-corrected chi connectivity index (χ4v) is 7.81. The van der Waals surface area contributed by atoms with Crippen molar-refractivity contribution in [1.29, 1.82) is 0 Å². The Labute approximate surface area is 295 Å². The highest BCUT2D eigenvalue weighted by Crippen LogP contribution is 2.36. The largest absolute Gasteiger partial charge is 0.495 e. The second-order valence-electron chi connectivity index (χ2n) is 11.6. The quantitative estimate of drug-likeness (QED) is 0.143. The number of nitrogens with one attached hydrogen (secondary N) is 1. The number of methoxy groups -OCH3 is 1. The summed E-state index contributed by atoms with van der Waals surface area (Å²) in [5.41, 5.74) is 0.250. The minimum absolute atomic E-state index is 0.0405. The smallest absolute Gasteiger partial charge is 0.273 e. The molecule has 1 aliphatic carbocycles. The van der Waals surface area contributed by atoms with E-state index in [0.29, 0.717) is 10.6 Å². The molecule has 0 bridgehead atoms. The number of ether oxygens (including phenoxy) is 1. The van der Waals surface area contributed by atoms with E-state index in [-0.39, 0.29) is 52.0 Å². The van der Waals surface area contributed by atoms with Crippen LogP contribution in [-0.2, 0) is 26.2 Å². The van der Waals surface area contributed by atoms with Crippen LogP contribution in [0.25, 0.3) is 0 Å². The lowest BCUT2D eigenvalue weighted by Crippen LogP contribution is -2.54. The van der Waals surface area contributed by atoms with E-state index < -0.39 is 44.0 Å². The van der Waals surface area contributed by atoms with Gasteiger partial charge in [-0.1, -0.05) is 73.1 Å². The molecule has 11 nitrogen and oxygen atoms in total. The first-order valence-corrected chi connectivity index (χ1v) is 18.0. The molecule has 4 rings (SSSR count). The van der Waals surface area contributed by atoms with E-state index >= 15 is 0 Å². The van der Waals surface area contributed by atoms with Crippen LogP contribution in [0.4, 0.5) is 11.4 Å². The van der Waals surface area contributed by atoms with Crippen LogP contribution < -0.4 is 14.4 Å². The number of hydrogen-bond donors (Lipinski definition) is 1. The van der Waals surface area contributed by atoms with Gasteiger partial charge in [0.05, 0.1) is 22.6 Å². The first-order valence-electron chi connectivity index (χ1n) is 15.4. The number of halogens is 3. The summed E-state index contributed by atoms with van der Waals surface area (Å²) < 4.78 is 35.0. The maximum atomic E-state index is 14.5. The molecule has 0 unspecified atom stereocenters. The highest BCUT2D eigenvalue weighted by Gasteiger charge is 2.36. The molecule has 258 valence electrons. The summed E-state index contributed by atoms with van der Waals surface area (Å²) in [4.78, 5) is 40.2. The van der Waals surface area contributed by atoms with E-state index in [2.05, 4.69) is 5.32 Å². The number of hydrogen-bond acceptors (Lipinski definition) is 7. The van der Waals surface area contributed by atoms with Gasteiger partial charge in [0.2, 0.25) is 11.8 Å². The molecule has 0 radical (unpaired) electrons. The zero-order valence-corrected chi connectivity index (χ0v) is 29.8. The Hall–Kier alpha value is -3.58. The van der Waals surface area contributed by atoms with Crippen molar-refractivity contribution >= 4 is 68.0 Å². The van der Waals surface area contributed by atoms with Crippen molar-refractivity contribution in [1.82, 2.24) is 10.2 Å². The molecule has 1 atom stereocenters. The van der Waals surface area contributed by atoms with Gasteiger partial charge in [-0.05, 0) is 68.1 Å². The molecule has 3 aromatic carbocycles. The highest BCUT2D eigenvalue weighted by molar-refractivity contribution is 7.92. The summed E-state index contributed by atoms with van der Waals surface area (Å²) >= 11 is 18.9. The minimum atomic E-state index is -4.67. The minimum Gasteiger partial charge on any atom is -0.495 e. The van der Waals surface area contributed by atoms with E-state index in [1.807, 2.05) is 0 Å². The van der Waals surface area contributed by atoms with Crippen molar-refractivity contribution in [2.45, 2.75) is 75.9 Å². The molecule has 0 saturated heterocycles. The van der Waals surface area contributed by atoms with Crippen molar-refractivity contribution in [3.63, 3.8) is 0 Å². The number of nitro benzene ring substituents is 1. The number of amides is 2. The normalized spacial score (nSPS) is 14.2. The third-order valence-electron chi connectivity index (χ3n) is 8.35. The lowest BCUT2D eigenvalue weighted by Gasteiger charge is -2.35. The zero-order valence-electron chi connectivity index (χ0n) is 26.7. The molecule has 1 fully saturated rings. The molecular formula is C33H37Cl3N4O7S. The standard InChI is InChI=1S/C33H37Cl3N4O7S/c1-4-28(33(42)37-25-8-6-5-7-9-25)38(19-22-11-12-23(34)16-27(22)36)32(41)20-39(30-17-24(35)13-15-31(30)47-3)48(45,46)26-14-10-21(2)29(18-26)40(43)44/h10-18,25,28H,4-9,19-20H2,1-3H3,(H,37,42)/t28-/m1/s1. The Bertz CT molecular complexity index is 1780. The monoisotopic (exact) mass is 738 g/mol. The number of benzene rings is 3. The predicted molar refractivity (Wildman–Crippen MR) is 186 cm³/mol. The molecule has 3 aromatic rings. The van der Waals surface area contributed by atoms with Crippen LogP contribution in [0.3, 0.4) is 0 Å². The van der Waals surface area contributed by atoms with Crippen molar-refractivity contribution < 1.29 is 27.7 Å². The number of carbonyl (C=O) groups excluding carboxylic acids is 2. The van der Waals surface area contributed by atoms with Gasteiger partial charge in [-0.25, -0.2) is 8.42 Å². The topological polar surface area (TPSA) is 139 Å². The molecule has 0 heterocycles. The van der Waals surface area contributed by atoms with Gasteiger partial charge in [0.1, 0.15) is 18.3 Å². The van der Waals surface area contributed by atoms with Crippen LogP contribution in [-0.4, -0.2) is 55.8 Å². The first-order chi connectivity index (χ1) is 22.8. The lowest BCUT2D eigenvalue weighted by atomic mass is 9.95. The molecule has 0 aliphatic heterocycles. The Kier molecular flexibility index (Phi) is 12.6. The van der Waals surface area contributed by atoms with Crippen LogP contribution in [0.1, 0.15) is 56.6 Å². The fraction of sp³-hybridized carbons (Fsp3) is 0.394. The van der Waals surface area contributed by atoms with Crippen molar-refractivity contribution in [3.05, 3.63) is 90.9 Å².